The molecule has 0 bridgehead atoms. The Morgan fingerprint density at radius 2 is 2.08 bits per heavy atom. The first-order valence-electron chi connectivity index (χ1n) is 7.10. The highest BCUT2D eigenvalue weighted by Gasteiger charge is 2.33. The molecule has 2 heterocycles. The summed E-state index contributed by atoms with van der Waals surface area (Å²) in [4.78, 5) is 25.2. The van der Waals surface area contributed by atoms with E-state index in [1.165, 1.54) is 0 Å². The van der Waals surface area contributed by atoms with E-state index in [0.29, 0.717) is 20.7 Å². The first-order valence-corrected chi connectivity index (χ1v) is 9.11. The Hall–Kier alpha value is -2.16. The van der Waals surface area contributed by atoms with E-state index in [9.17, 15) is 9.59 Å². The Kier molecular flexibility index (Phi) is 5.52. The molecule has 25 heavy (non-hydrogen) atoms. The van der Waals surface area contributed by atoms with Crippen LogP contribution < -0.4 is 5.43 Å². The van der Waals surface area contributed by atoms with Crippen LogP contribution in [0.1, 0.15) is 16.1 Å². The molecule has 1 fully saturated rings. The summed E-state index contributed by atoms with van der Waals surface area (Å²) >= 11 is 9.61. The van der Waals surface area contributed by atoms with Crippen LogP contribution in [-0.2, 0) is 4.79 Å². The van der Waals surface area contributed by atoms with Crippen LogP contribution in [0.3, 0.4) is 0 Å². The van der Waals surface area contributed by atoms with E-state index in [1.54, 1.807) is 60.9 Å². The predicted octanol–water partition coefficient (Wildman–Crippen LogP) is 4.14. The Labute approximate surface area is 161 Å². The van der Waals surface area contributed by atoms with E-state index in [1.807, 2.05) is 0 Å². The summed E-state index contributed by atoms with van der Waals surface area (Å²) in [6.45, 7) is 0. The zero-order chi connectivity index (χ0) is 17.8. The van der Waals surface area contributed by atoms with E-state index >= 15 is 0 Å². The van der Waals surface area contributed by atoms with Crippen molar-refractivity contribution in [1.29, 1.82) is 0 Å². The van der Waals surface area contributed by atoms with Gasteiger partial charge < -0.3 is 4.42 Å². The first-order chi connectivity index (χ1) is 12.1. The smallest absolute Gasteiger partial charge is 0.285 e. The van der Waals surface area contributed by atoms with Crippen molar-refractivity contribution in [1.82, 2.24) is 10.4 Å². The van der Waals surface area contributed by atoms with E-state index < -0.39 is 5.91 Å². The van der Waals surface area contributed by atoms with E-state index in [0.717, 1.165) is 16.8 Å². The van der Waals surface area contributed by atoms with Crippen molar-refractivity contribution in [2.45, 2.75) is 0 Å². The SMILES string of the molecule is O=C(NN1C(=O)/C(=C\C=C\c2ccco2)SC1=S)c1ccccc1Br. The lowest BCUT2D eigenvalue weighted by atomic mass is 10.2. The minimum Gasteiger partial charge on any atom is -0.465 e. The van der Waals surface area contributed by atoms with E-state index in [4.69, 9.17) is 16.6 Å². The average molecular weight is 435 g/mol. The van der Waals surface area contributed by atoms with Gasteiger partial charge in [-0.2, -0.15) is 5.01 Å². The summed E-state index contributed by atoms with van der Waals surface area (Å²) < 4.78 is 6.08. The maximum Gasteiger partial charge on any atom is 0.285 e. The molecule has 1 saturated heterocycles. The summed E-state index contributed by atoms with van der Waals surface area (Å²) in [7, 11) is 0. The van der Waals surface area contributed by atoms with Gasteiger partial charge in [0.05, 0.1) is 16.7 Å². The topological polar surface area (TPSA) is 62.6 Å². The van der Waals surface area contributed by atoms with Crippen molar-refractivity contribution in [3.8, 4) is 0 Å². The van der Waals surface area contributed by atoms with Gasteiger partial charge in [-0.05, 0) is 64.6 Å². The van der Waals surface area contributed by atoms with E-state index in [2.05, 4.69) is 21.4 Å². The van der Waals surface area contributed by atoms with Crippen LogP contribution in [0.15, 0.2) is 68.6 Å². The highest BCUT2D eigenvalue weighted by Crippen LogP contribution is 2.30. The van der Waals surface area contributed by atoms with Gasteiger partial charge in [-0.3, -0.25) is 15.0 Å². The van der Waals surface area contributed by atoms with Gasteiger partial charge in [-0.25, -0.2) is 0 Å². The molecule has 2 amide bonds. The molecule has 1 aromatic carbocycles. The number of amides is 2. The van der Waals surface area contributed by atoms with Crippen LogP contribution in [0, 0.1) is 0 Å². The third kappa shape index (κ3) is 4.09. The van der Waals surface area contributed by atoms with Gasteiger partial charge in [0.1, 0.15) is 5.76 Å². The lowest BCUT2D eigenvalue weighted by Gasteiger charge is -2.16. The second kappa shape index (κ2) is 7.81. The Bertz CT molecular complexity index is 891. The Morgan fingerprint density at radius 3 is 2.80 bits per heavy atom. The lowest BCUT2D eigenvalue weighted by Crippen LogP contribution is -2.44. The summed E-state index contributed by atoms with van der Waals surface area (Å²) in [5.74, 6) is -0.121. The van der Waals surface area contributed by atoms with Crippen LogP contribution in [0.25, 0.3) is 6.08 Å². The second-order valence-electron chi connectivity index (χ2n) is 4.83. The molecule has 1 N–H and O–H groups in total. The number of furan rings is 1. The third-order valence-corrected chi connectivity index (χ3v) is 5.19. The molecule has 0 atom stereocenters. The zero-order valence-corrected chi connectivity index (χ0v) is 15.9. The number of hydrazine groups is 1. The van der Waals surface area contributed by atoms with Crippen LogP contribution >= 0.6 is 39.9 Å². The van der Waals surface area contributed by atoms with Gasteiger partial charge in [0.25, 0.3) is 11.8 Å². The van der Waals surface area contributed by atoms with Crippen LogP contribution in [0.4, 0.5) is 0 Å². The summed E-state index contributed by atoms with van der Waals surface area (Å²) in [5, 5.41) is 1.08. The third-order valence-electron chi connectivity index (χ3n) is 3.18. The molecule has 1 aliphatic heterocycles. The minimum atomic E-state index is -0.420. The number of allylic oxidation sites excluding steroid dienone is 2. The number of halogens is 1. The molecular weight excluding hydrogens is 424 g/mol. The van der Waals surface area contributed by atoms with Gasteiger partial charge in [-0.15, -0.1) is 0 Å². The first kappa shape index (κ1) is 17.7. The normalized spacial score (nSPS) is 16.2. The standard InChI is InChI=1S/C17H11BrN2O3S2/c18-13-8-2-1-7-12(13)15(21)19-20-16(22)14(25-17(20)24)9-3-5-11-6-4-10-23-11/h1-10H,(H,19,21)/b5-3+,14-9+. The fourth-order valence-corrected chi connectivity index (χ4v) is 3.60. The number of rotatable bonds is 4. The number of nitrogens with zero attached hydrogens (tertiary/aromatic N) is 1. The number of carbonyl (C=O) groups is 2. The summed E-state index contributed by atoms with van der Waals surface area (Å²) in [6.07, 6.45) is 6.62. The molecular formula is C17H11BrN2O3S2. The highest BCUT2D eigenvalue weighted by atomic mass is 79.9. The molecule has 1 aliphatic rings. The Balaban J connectivity index is 1.71. The maximum atomic E-state index is 12.4. The maximum absolute atomic E-state index is 12.4. The molecule has 2 aromatic rings. The number of hydrogen-bond acceptors (Lipinski definition) is 5. The van der Waals surface area contributed by atoms with Crippen molar-refractivity contribution in [2.24, 2.45) is 0 Å². The molecule has 0 radical (unpaired) electrons. The van der Waals surface area contributed by atoms with Gasteiger partial charge >= 0.3 is 0 Å². The minimum absolute atomic E-state index is 0.267. The molecule has 0 spiro atoms. The molecule has 1 aromatic heterocycles. The van der Waals surface area contributed by atoms with Crippen molar-refractivity contribution >= 4 is 62.1 Å². The predicted molar refractivity (Wildman–Crippen MR) is 104 cm³/mol. The van der Waals surface area contributed by atoms with Gasteiger partial charge in [0.2, 0.25) is 0 Å². The van der Waals surface area contributed by atoms with Gasteiger partial charge in [0, 0.05) is 4.47 Å². The Morgan fingerprint density at radius 1 is 1.28 bits per heavy atom. The quantitative estimate of drug-likeness (QED) is 0.578. The molecule has 0 unspecified atom stereocenters. The molecule has 5 nitrogen and oxygen atoms in total. The monoisotopic (exact) mass is 434 g/mol. The number of benzene rings is 1. The fourth-order valence-electron chi connectivity index (χ4n) is 2.00. The van der Waals surface area contributed by atoms with Crippen molar-refractivity contribution in [2.75, 3.05) is 0 Å². The highest BCUT2D eigenvalue weighted by molar-refractivity contribution is 9.10. The van der Waals surface area contributed by atoms with Crippen LogP contribution in [0.2, 0.25) is 0 Å². The summed E-state index contributed by atoms with van der Waals surface area (Å²) in [5.41, 5.74) is 2.95. The summed E-state index contributed by atoms with van der Waals surface area (Å²) in [6, 6.07) is 10.5. The van der Waals surface area contributed by atoms with Gasteiger partial charge in [0.15, 0.2) is 4.32 Å². The fraction of sp³-hybridized carbons (Fsp3) is 0. The zero-order valence-electron chi connectivity index (χ0n) is 12.6. The van der Waals surface area contributed by atoms with Crippen LogP contribution in [-0.4, -0.2) is 21.1 Å². The number of thioether (sulfide) groups is 1. The van der Waals surface area contributed by atoms with Crippen molar-refractivity contribution in [3.63, 3.8) is 0 Å². The van der Waals surface area contributed by atoms with E-state index in [-0.39, 0.29) is 10.2 Å². The second-order valence-corrected chi connectivity index (χ2v) is 7.36. The molecule has 126 valence electrons. The molecule has 3 rings (SSSR count). The molecule has 0 aliphatic carbocycles. The lowest BCUT2D eigenvalue weighted by molar-refractivity contribution is -0.123. The molecule has 0 saturated carbocycles. The number of thiocarbonyl (C=S) groups is 1. The van der Waals surface area contributed by atoms with Crippen molar-refractivity contribution in [3.05, 3.63) is 75.5 Å². The molecule has 8 heteroatoms. The van der Waals surface area contributed by atoms with Gasteiger partial charge in [-0.1, -0.05) is 30.0 Å². The number of carbonyl (C=O) groups excluding carboxylic acids is 2. The largest absolute Gasteiger partial charge is 0.465 e. The van der Waals surface area contributed by atoms with Crippen LogP contribution in [0.5, 0.6) is 0 Å². The average Bonchev–Trinajstić information content (AvgIpc) is 3.19. The number of hydrogen-bond donors (Lipinski definition) is 1. The van der Waals surface area contributed by atoms with Crippen molar-refractivity contribution < 1.29 is 14.0 Å². The number of nitrogens with one attached hydrogen (secondary N) is 1.